The van der Waals surface area contributed by atoms with Gasteiger partial charge in [-0.15, -0.1) is 22.7 Å². The summed E-state index contributed by atoms with van der Waals surface area (Å²) in [6, 6.07) is 12.3. The smallest absolute Gasteiger partial charge is 0.254 e. The van der Waals surface area contributed by atoms with E-state index < -0.39 is 6.17 Å². The SMILES string of the molecule is CNC(=O)c1c(N[C@H](NC(=O)c2ccccc2)C(=O)c2cccs2)sc2c1CCCC2. The predicted octanol–water partition coefficient (Wildman–Crippen LogP) is 4.10. The van der Waals surface area contributed by atoms with Gasteiger partial charge in [0.15, 0.2) is 6.17 Å². The molecule has 4 rings (SSSR count). The lowest BCUT2D eigenvalue weighted by Crippen LogP contribution is -2.46. The molecule has 0 fully saturated rings. The first-order valence-electron chi connectivity index (χ1n) is 10.1. The van der Waals surface area contributed by atoms with Crippen LogP contribution in [0.3, 0.4) is 0 Å². The minimum Gasteiger partial charge on any atom is -0.355 e. The summed E-state index contributed by atoms with van der Waals surface area (Å²) in [5.41, 5.74) is 2.10. The number of carbonyl (C=O) groups excluding carboxylic acids is 3. The Kier molecular flexibility index (Phi) is 6.48. The third-order valence-corrected chi connectivity index (χ3v) is 7.35. The molecular weight excluding hydrogens is 430 g/mol. The minimum atomic E-state index is -0.991. The molecule has 1 aliphatic carbocycles. The van der Waals surface area contributed by atoms with Gasteiger partial charge in [0.25, 0.3) is 11.8 Å². The van der Waals surface area contributed by atoms with Crippen LogP contribution in [0.25, 0.3) is 0 Å². The molecule has 2 aromatic heterocycles. The molecule has 0 saturated heterocycles. The van der Waals surface area contributed by atoms with Crippen LogP contribution in [-0.4, -0.2) is 30.8 Å². The van der Waals surface area contributed by atoms with Gasteiger partial charge < -0.3 is 16.0 Å². The Morgan fingerprint density at radius 1 is 0.968 bits per heavy atom. The number of Topliss-reactive ketones (excluding diaryl/α,β-unsaturated/α-hetero) is 1. The summed E-state index contributed by atoms with van der Waals surface area (Å²) in [4.78, 5) is 40.4. The summed E-state index contributed by atoms with van der Waals surface area (Å²) in [6.07, 6.45) is 2.90. The normalized spacial score (nSPS) is 13.7. The number of thiophene rings is 2. The predicted molar refractivity (Wildman–Crippen MR) is 124 cm³/mol. The average Bonchev–Trinajstić information content (AvgIpc) is 3.46. The Bertz CT molecular complexity index is 1090. The number of nitrogens with one attached hydrogen (secondary N) is 3. The minimum absolute atomic E-state index is 0.182. The molecule has 6 nitrogen and oxygen atoms in total. The second-order valence-electron chi connectivity index (χ2n) is 7.25. The molecule has 31 heavy (non-hydrogen) atoms. The van der Waals surface area contributed by atoms with Crippen LogP contribution < -0.4 is 16.0 Å². The quantitative estimate of drug-likeness (QED) is 0.371. The fourth-order valence-electron chi connectivity index (χ4n) is 3.70. The molecule has 0 bridgehead atoms. The summed E-state index contributed by atoms with van der Waals surface area (Å²) < 4.78 is 0. The Morgan fingerprint density at radius 3 is 2.45 bits per heavy atom. The number of fused-ring (bicyclic) bond motifs is 1. The standard InChI is InChI=1S/C23H23N3O3S2/c1-24-22(29)18-15-10-5-6-11-16(15)31-23(18)26-20(19(27)17-12-7-13-30-17)25-21(28)14-8-3-2-4-9-14/h2-4,7-9,12-13,20,26H,5-6,10-11H2,1H3,(H,24,29)(H,25,28)/t20-/m0/s1. The van der Waals surface area contributed by atoms with Crippen molar-refractivity contribution in [2.24, 2.45) is 0 Å². The Labute approximate surface area is 188 Å². The van der Waals surface area contributed by atoms with E-state index in [-0.39, 0.29) is 17.6 Å². The van der Waals surface area contributed by atoms with Crippen LogP contribution in [0, 0.1) is 0 Å². The molecular formula is C23H23N3O3S2. The van der Waals surface area contributed by atoms with E-state index in [1.54, 1.807) is 43.4 Å². The molecule has 2 heterocycles. The van der Waals surface area contributed by atoms with Crippen molar-refractivity contribution >= 4 is 45.3 Å². The largest absolute Gasteiger partial charge is 0.355 e. The highest BCUT2D eigenvalue weighted by atomic mass is 32.1. The van der Waals surface area contributed by atoms with E-state index in [1.807, 2.05) is 11.4 Å². The van der Waals surface area contributed by atoms with E-state index in [9.17, 15) is 14.4 Å². The number of ketones is 1. The maximum absolute atomic E-state index is 13.2. The Balaban J connectivity index is 1.68. The molecule has 0 aliphatic heterocycles. The average molecular weight is 454 g/mol. The maximum Gasteiger partial charge on any atom is 0.254 e. The maximum atomic E-state index is 13.2. The highest BCUT2D eigenvalue weighted by Gasteiger charge is 2.29. The number of hydrogen-bond donors (Lipinski definition) is 3. The van der Waals surface area contributed by atoms with Gasteiger partial charge in [0.1, 0.15) is 5.00 Å². The van der Waals surface area contributed by atoms with Crippen LogP contribution in [0.1, 0.15) is 53.7 Å². The van der Waals surface area contributed by atoms with Crippen molar-refractivity contribution in [3.8, 4) is 0 Å². The zero-order chi connectivity index (χ0) is 21.8. The molecule has 1 aromatic carbocycles. The van der Waals surface area contributed by atoms with Crippen molar-refractivity contribution in [3.05, 3.63) is 74.3 Å². The molecule has 1 aliphatic rings. The molecule has 2 amide bonds. The molecule has 1 atom stereocenters. The molecule has 0 saturated carbocycles. The monoisotopic (exact) mass is 453 g/mol. The van der Waals surface area contributed by atoms with Crippen molar-refractivity contribution in [2.75, 3.05) is 12.4 Å². The van der Waals surface area contributed by atoms with Gasteiger partial charge in [-0.05, 0) is 54.8 Å². The lowest BCUT2D eigenvalue weighted by Gasteiger charge is -2.20. The number of aryl methyl sites for hydroxylation is 1. The Morgan fingerprint density at radius 2 is 1.74 bits per heavy atom. The van der Waals surface area contributed by atoms with Gasteiger partial charge in [0, 0.05) is 17.5 Å². The number of amides is 2. The van der Waals surface area contributed by atoms with Crippen LogP contribution in [-0.2, 0) is 12.8 Å². The first-order valence-corrected chi connectivity index (χ1v) is 11.8. The molecule has 3 aromatic rings. The number of rotatable bonds is 7. The lowest BCUT2D eigenvalue weighted by atomic mass is 9.95. The van der Waals surface area contributed by atoms with Gasteiger partial charge in [0.2, 0.25) is 5.78 Å². The van der Waals surface area contributed by atoms with E-state index in [0.29, 0.717) is 21.0 Å². The van der Waals surface area contributed by atoms with E-state index >= 15 is 0 Å². The third-order valence-electron chi connectivity index (χ3n) is 5.24. The van der Waals surface area contributed by atoms with Gasteiger partial charge in [-0.1, -0.05) is 24.3 Å². The van der Waals surface area contributed by atoms with E-state index in [1.165, 1.54) is 27.6 Å². The summed E-state index contributed by atoms with van der Waals surface area (Å²) in [5.74, 6) is -0.780. The fraction of sp³-hybridized carbons (Fsp3) is 0.261. The fourth-order valence-corrected chi connectivity index (χ4v) is 5.71. The summed E-state index contributed by atoms with van der Waals surface area (Å²) in [5, 5.41) is 11.2. The van der Waals surface area contributed by atoms with Crippen molar-refractivity contribution in [3.63, 3.8) is 0 Å². The molecule has 160 valence electrons. The summed E-state index contributed by atoms with van der Waals surface area (Å²) in [6.45, 7) is 0. The lowest BCUT2D eigenvalue weighted by molar-refractivity contribution is 0.0871. The molecule has 0 unspecified atom stereocenters. The molecule has 8 heteroatoms. The highest BCUT2D eigenvalue weighted by Crippen LogP contribution is 2.38. The summed E-state index contributed by atoms with van der Waals surface area (Å²) >= 11 is 2.82. The van der Waals surface area contributed by atoms with Gasteiger partial charge in [-0.25, -0.2) is 0 Å². The van der Waals surface area contributed by atoms with E-state index in [0.717, 1.165) is 31.2 Å². The van der Waals surface area contributed by atoms with E-state index in [4.69, 9.17) is 0 Å². The van der Waals surface area contributed by atoms with Gasteiger partial charge in [-0.2, -0.15) is 0 Å². The highest BCUT2D eigenvalue weighted by molar-refractivity contribution is 7.16. The number of carbonyl (C=O) groups is 3. The van der Waals surface area contributed by atoms with E-state index in [2.05, 4.69) is 16.0 Å². The van der Waals surface area contributed by atoms with Crippen molar-refractivity contribution in [2.45, 2.75) is 31.8 Å². The van der Waals surface area contributed by atoms with Crippen molar-refractivity contribution < 1.29 is 14.4 Å². The van der Waals surface area contributed by atoms with Gasteiger partial charge in [0.05, 0.1) is 10.4 Å². The molecule has 0 radical (unpaired) electrons. The molecule has 3 N–H and O–H groups in total. The van der Waals surface area contributed by atoms with Crippen LogP contribution in [0.4, 0.5) is 5.00 Å². The topological polar surface area (TPSA) is 87.3 Å². The molecule has 0 spiro atoms. The summed E-state index contributed by atoms with van der Waals surface area (Å²) in [7, 11) is 1.60. The number of benzene rings is 1. The number of hydrogen-bond acceptors (Lipinski definition) is 6. The van der Waals surface area contributed by atoms with Gasteiger partial charge >= 0.3 is 0 Å². The zero-order valence-corrected chi connectivity index (χ0v) is 18.7. The van der Waals surface area contributed by atoms with Crippen molar-refractivity contribution in [1.82, 2.24) is 10.6 Å². The van der Waals surface area contributed by atoms with Crippen LogP contribution in [0.2, 0.25) is 0 Å². The third kappa shape index (κ3) is 4.55. The zero-order valence-electron chi connectivity index (χ0n) is 17.1. The Hall–Kier alpha value is -2.97. The van der Waals surface area contributed by atoms with Crippen LogP contribution in [0.5, 0.6) is 0 Å². The van der Waals surface area contributed by atoms with Crippen LogP contribution in [0.15, 0.2) is 47.8 Å². The second-order valence-corrected chi connectivity index (χ2v) is 9.31. The first-order chi connectivity index (χ1) is 15.1. The van der Waals surface area contributed by atoms with Crippen LogP contribution >= 0.6 is 22.7 Å². The van der Waals surface area contributed by atoms with Gasteiger partial charge in [-0.3, -0.25) is 14.4 Å². The van der Waals surface area contributed by atoms with Crippen molar-refractivity contribution in [1.29, 1.82) is 0 Å². The first kappa shape index (κ1) is 21.3. The number of anilines is 1. The second kappa shape index (κ2) is 9.45.